The van der Waals surface area contributed by atoms with Crippen LogP contribution in [0.1, 0.15) is 17.9 Å². The van der Waals surface area contributed by atoms with Gasteiger partial charge in [-0.25, -0.2) is 0 Å². The van der Waals surface area contributed by atoms with Gasteiger partial charge in [-0.3, -0.25) is 4.98 Å². The lowest BCUT2D eigenvalue weighted by molar-refractivity contribution is 0.297. The summed E-state index contributed by atoms with van der Waals surface area (Å²) in [6, 6.07) is 10.6. The van der Waals surface area contributed by atoms with E-state index in [2.05, 4.69) is 28.5 Å². The molecule has 3 nitrogen and oxygen atoms in total. The number of nitrogens with zero attached hydrogens (tertiary/aromatic N) is 1. The fraction of sp³-hybridized carbons (Fsp3) is 0.353. The summed E-state index contributed by atoms with van der Waals surface area (Å²) in [5.41, 5.74) is 3.74. The molecule has 0 saturated carbocycles. The number of hydrogen-bond acceptors (Lipinski definition) is 3. The standard InChI is InChI=1S/C17H18N2O/c1-2-14(12-4-7-18-8-5-12)17-15(3-1)16-11-19-10-13(16)6-9-20-17/h1-5,7-8,13,16,19H,6,9-11H2/t13-,16-/m0/s1. The first-order chi connectivity index (χ1) is 9.93. The maximum atomic E-state index is 6.12. The summed E-state index contributed by atoms with van der Waals surface area (Å²) in [7, 11) is 0. The van der Waals surface area contributed by atoms with Gasteiger partial charge in [0.15, 0.2) is 0 Å². The SMILES string of the molecule is c1cc(-c2ccncc2)c2c(c1)[C@H]1CNC[C@@H]1CCO2. The highest BCUT2D eigenvalue weighted by Gasteiger charge is 2.33. The minimum atomic E-state index is 0.592. The Balaban J connectivity index is 1.85. The van der Waals surface area contributed by atoms with Gasteiger partial charge in [-0.1, -0.05) is 18.2 Å². The van der Waals surface area contributed by atoms with Gasteiger partial charge in [0.05, 0.1) is 6.61 Å². The number of nitrogens with one attached hydrogen (secondary N) is 1. The average Bonchev–Trinajstić information content (AvgIpc) is 2.90. The van der Waals surface area contributed by atoms with Crippen LogP contribution in [0.15, 0.2) is 42.7 Å². The van der Waals surface area contributed by atoms with Crippen molar-refractivity contribution in [1.29, 1.82) is 0 Å². The van der Waals surface area contributed by atoms with E-state index in [1.807, 2.05) is 24.5 Å². The summed E-state index contributed by atoms with van der Waals surface area (Å²) < 4.78 is 6.12. The van der Waals surface area contributed by atoms with Gasteiger partial charge >= 0.3 is 0 Å². The lowest BCUT2D eigenvalue weighted by Crippen LogP contribution is -2.11. The zero-order valence-electron chi connectivity index (χ0n) is 11.4. The summed E-state index contributed by atoms with van der Waals surface area (Å²) in [5, 5.41) is 3.53. The summed E-state index contributed by atoms with van der Waals surface area (Å²) >= 11 is 0. The summed E-state index contributed by atoms with van der Waals surface area (Å²) in [6.07, 6.45) is 4.82. The third-order valence-electron chi connectivity index (χ3n) is 4.51. The monoisotopic (exact) mass is 266 g/mol. The van der Waals surface area contributed by atoms with E-state index in [1.165, 1.54) is 16.7 Å². The van der Waals surface area contributed by atoms with Gasteiger partial charge in [0.2, 0.25) is 0 Å². The molecule has 102 valence electrons. The molecule has 1 fully saturated rings. The smallest absolute Gasteiger partial charge is 0.130 e. The minimum Gasteiger partial charge on any atom is -0.493 e. The Morgan fingerprint density at radius 2 is 2.00 bits per heavy atom. The Morgan fingerprint density at radius 3 is 2.90 bits per heavy atom. The molecule has 0 aliphatic carbocycles. The number of ether oxygens (including phenoxy) is 1. The van der Waals surface area contributed by atoms with E-state index in [-0.39, 0.29) is 0 Å². The molecular weight excluding hydrogens is 248 g/mol. The van der Waals surface area contributed by atoms with Gasteiger partial charge in [0.1, 0.15) is 5.75 Å². The van der Waals surface area contributed by atoms with Gasteiger partial charge in [-0.05, 0) is 42.1 Å². The maximum Gasteiger partial charge on any atom is 0.130 e. The van der Waals surface area contributed by atoms with E-state index < -0.39 is 0 Å². The van der Waals surface area contributed by atoms with Crippen LogP contribution in [-0.4, -0.2) is 24.7 Å². The average molecular weight is 266 g/mol. The van der Waals surface area contributed by atoms with Gasteiger partial charge in [-0.2, -0.15) is 0 Å². The Kier molecular flexibility index (Phi) is 2.92. The van der Waals surface area contributed by atoms with Gasteiger partial charge in [0, 0.05) is 30.4 Å². The largest absolute Gasteiger partial charge is 0.493 e. The van der Waals surface area contributed by atoms with Crippen LogP contribution in [0.5, 0.6) is 5.75 Å². The highest BCUT2D eigenvalue weighted by atomic mass is 16.5. The van der Waals surface area contributed by atoms with E-state index >= 15 is 0 Å². The number of hydrogen-bond donors (Lipinski definition) is 1. The predicted octanol–water partition coefficient (Wildman–Crippen LogP) is 2.83. The third kappa shape index (κ3) is 1.90. The minimum absolute atomic E-state index is 0.592. The molecular formula is C17H18N2O. The maximum absolute atomic E-state index is 6.12. The van der Waals surface area contributed by atoms with E-state index in [0.29, 0.717) is 11.8 Å². The van der Waals surface area contributed by atoms with Crippen LogP contribution >= 0.6 is 0 Å². The third-order valence-corrected chi connectivity index (χ3v) is 4.51. The highest BCUT2D eigenvalue weighted by molar-refractivity contribution is 5.72. The van der Waals surface area contributed by atoms with Crippen molar-refractivity contribution in [3.05, 3.63) is 48.3 Å². The Bertz CT molecular complexity index is 612. The molecule has 1 N–H and O–H groups in total. The van der Waals surface area contributed by atoms with E-state index in [1.54, 1.807) is 0 Å². The number of rotatable bonds is 1. The van der Waals surface area contributed by atoms with Crippen LogP contribution in [0, 0.1) is 5.92 Å². The molecule has 2 aromatic rings. The molecule has 4 rings (SSSR count). The number of pyridine rings is 1. The Labute approximate surface area is 119 Å². The number of benzene rings is 1. The van der Waals surface area contributed by atoms with Crippen LogP contribution in [0.25, 0.3) is 11.1 Å². The molecule has 0 amide bonds. The molecule has 0 bridgehead atoms. The second-order valence-electron chi connectivity index (χ2n) is 5.62. The number of fused-ring (bicyclic) bond motifs is 3. The van der Waals surface area contributed by atoms with Crippen LogP contribution in [0.4, 0.5) is 0 Å². The topological polar surface area (TPSA) is 34.2 Å². The first-order valence-corrected chi connectivity index (χ1v) is 7.30. The van der Waals surface area contributed by atoms with Crippen molar-refractivity contribution in [3.63, 3.8) is 0 Å². The van der Waals surface area contributed by atoms with Crippen LogP contribution < -0.4 is 10.1 Å². The van der Waals surface area contributed by atoms with E-state index in [4.69, 9.17) is 4.74 Å². The van der Waals surface area contributed by atoms with Crippen molar-refractivity contribution in [3.8, 4) is 16.9 Å². The first kappa shape index (κ1) is 11.9. The van der Waals surface area contributed by atoms with Crippen molar-refractivity contribution in [2.75, 3.05) is 19.7 Å². The molecule has 1 aromatic carbocycles. The molecule has 3 heterocycles. The van der Waals surface area contributed by atoms with E-state index in [0.717, 1.165) is 31.9 Å². The zero-order valence-corrected chi connectivity index (χ0v) is 11.4. The molecule has 0 spiro atoms. The number of para-hydroxylation sites is 1. The molecule has 2 atom stereocenters. The fourth-order valence-corrected chi connectivity index (χ4v) is 3.48. The van der Waals surface area contributed by atoms with Crippen LogP contribution in [-0.2, 0) is 0 Å². The lowest BCUT2D eigenvalue weighted by atomic mass is 9.86. The first-order valence-electron chi connectivity index (χ1n) is 7.30. The molecule has 2 aliphatic heterocycles. The summed E-state index contributed by atoms with van der Waals surface area (Å²) in [5.74, 6) is 2.38. The van der Waals surface area contributed by atoms with Crippen molar-refractivity contribution >= 4 is 0 Å². The van der Waals surface area contributed by atoms with E-state index in [9.17, 15) is 0 Å². The Morgan fingerprint density at radius 1 is 1.10 bits per heavy atom. The van der Waals surface area contributed by atoms with Crippen LogP contribution in [0.2, 0.25) is 0 Å². The zero-order chi connectivity index (χ0) is 13.4. The second kappa shape index (κ2) is 4.91. The molecule has 0 unspecified atom stereocenters. The van der Waals surface area contributed by atoms with Gasteiger partial charge in [0.25, 0.3) is 0 Å². The predicted molar refractivity (Wildman–Crippen MR) is 78.9 cm³/mol. The highest BCUT2D eigenvalue weighted by Crippen LogP contribution is 2.43. The second-order valence-corrected chi connectivity index (χ2v) is 5.62. The quantitative estimate of drug-likeness (QED) is 0.862. The molecule has 1 aromatic heterocycles. The molecule has 2 aliphatic rings. The normalized spacial score (nSPS) is 24.4. The molecule has 20 heavy (non-hydrogen) atoms. The van der Waals surface area contributed by atoms with Gasteiger partial charge in [-0.15, -0.1) is 0 Å². The molecule has 3 heteroatoms. The summed E-state index contributed by atoms with van der Waals surface area (Å²) in [4.78, 5) is 4.10. The summed E-state index contributed by atoms with van der Waals surface area (Å²) in [6.45, 7) is 3.01. The fourth-order valence-electron chi connectivity index (χ4n) is 3.48. The Hall–Kier alpha value is -1.87. The number of aromatic nitrogens is 1. The van der Waals surface area contributed by atoms with Crippen molar-refractivity contribution in [2.24, 2.45) is 5.92 Å². The molecule has 1 saturated heterocycles. The lowest BCUT2D eigenvalue weighted by Gasteiger charge is -2.18. The van der Waals surface area contributed by atoms with Crippen LogP contribution in [0.3, 0.4) is 0 Å². The van der Waals surface area contributed by atoms with Gasteiger partial charge < -0.3 is 10.1 Å². The van der Waals surface area contributed by atoms with Crippen molar-refractivity contribution in [2.45, 2.75) is 12.3 Å². The molecule has 0 radical (unpaired) electrons. The van der Waals surface area contributed by atoms with Crippen molar-refractivity contribution < 1.29 is 4.74 Å². The van der Waals surface area contributed by atoms with Crippen molar-refractivity contribution in [1.82, 2.24) is 10.3 Å².